The maximum absolute atomic E-state index is 4.04. The van der Waals surface area contributed by atoms with E-state index in [9.17, 15) is 0 Å². The zero-order valence-corrected chi connectivity index (χ0v) is 33.7. The minimum Gasteiger partial charge on any atom is -0.510 e. The number of hydrogen-bond donors (Lipinski definition) is 0. The third-order valence-corrected chi connectivity index (χ3v) is 11.2. The Bertz CT molecular complexity index is 2420. The number of benzene rings is 5. The molecule has 4 heterocycles. The van der Waals surface area contributed by atoms with Crippen molar-refractivity contribution >= 4 is 44.6 Å². The number of hydrogen-bond acceptors (Lipinski definition) is 4. The summed E-state index contributed by atoms with van der Waals surface area (Å²) in [5, 5.41) is 2.57. The Morgan fingerprint density at radius 2 is 1.40 bits per heavy atom. The van der Waals surface area contributed by atoms with E-state index in [1.807, 2.05) is 0 Å². The average molecular weight is 863 g/mol. The molecule has 1 unspecified atom stereocenters. The van der Waals surface area contributed by atoms with Gasteiger partial charge in [0.25, 0.3) is 0 Å². The van der Waals surface area contributed by atoms with Crippen LogP contribution in [0.1, 0.15) is 76.3 Å². The summed E-state index contributed by atoms with van der Waals surface area (Å²) in [5.41, 5.74) is 13.6. The third-order valence-electron chi connectivity index (χ3n) is 11.2. The van der Waals surface area contributed by atoms with Gasteiger partial charge in [-0.05, 0) is 72.7 Å². The smallest absolute Gasteiger partial charge is 0.510 e. The first-order valence-electron chi connectivity index (χ1n) is 18.0. The second-order valence-corrected chi connectivity index (χ2v) is 16.7. The molecule has 0 saturated heterocycles. The van der Waals surface area contributed by atoms with E-state index in [1.54, 1.807) is 0 Å². The van der Waals surface area contributed by atoms with Crippen molar-refractivity contribution in [1.29, 1.82) is 0 Å². The van der Waals surface area contributed by atoms with E-state index in [2.05, 4.69) is 210 Å². The summed E-state index contributed by atoms with van der Waals surface area (Å²) in [6, 6.07) is 39.8. The van der Waals surface area contributed by atoms with E-state index in [-0.39, 0.29) is 31.9 Å². The molecular weight excluding hydrogens is 818 g/mol. The number of aromatic nitrogens is 1. The van der Waals surface area contributed by atoms with Crippen LogP contribution in [-0.2, 0) is 37.3 Å². The molecule has 9 rings (SSSR count). The molecule has 0 aliphatic carbocycles. The summed E-state index contributed by atoms with van der Waals surface area (Å²) in [6.45, 7) is 20.5. The van der Waals surface area contributed by atoms with Crippen LogP contribution in [0.4, 0.5) is 22.7 Å². The molecule has 0 bridgehead atoms. The molecule has 5 nitrogen and oxygen atoms in total. The molecular formula is C46H45N5Pt. The SMILES string of the molecule is CN1C=CN(c2[c-]c3c(cc2)-n2c4ccc(C(C)(C)C)cc4c4cccc(c42)C3(C)c2[c-]c(N3[CH-]N(C)c4ccccc43)cc(C(C)(C)C)c2)[CH-]1.[Pt+4]. The van der Waals surface area contributed by atoms with Gasteiger partial charge in [0.1, 0.15) is 0 Å². The fraction of sp³-hybridized carbons (Fsp3) is 0.261. The largest absolute Gasteiger partial charge is 4.00 e. The first-order valence-corrected chi connectivity index (χ1v) is 18.0. The molecule has 6 aromatic rings. The number of para-hydroxylation sites is 3. The van der Waals surface area contributed by atoms with Crippen LogP contribution in [0.15, 0.2) is 97.3 Å². The minimum absolute atomic E-state index is 0. The van der Waals surface area contributed by atoms with Gasteiger partial charge in [0.2, 0.25) is 0 Å². The summed E-state index contributed by atoms with van der Waals surface area (Å²) < 4.78 is 2.49. The van der Waals surface area contributed by atoms with Crippen LogP contribution in [-0.4, -0.2) is 23.6 Å². The summed E-state index contributed by atoms with van der Waals surface area (Å²) in [6.07, 6.45) is 4.18. The molecule has 6 heteroatoms. The molecule has 5 aromatic carbocycles. The van der Waals surface area contributed by atoms with Gasteiger partial charge in [-0.2, -0.15) is 37.1 Å². The van der Waals surface area contributed by atoms with Crippen LogP contribution in [0.25, 0.3) is 27.5 Å². The van der Waals surface area contributed by atoms with Crippen LogP contribution in [0, 0.1) is 25.5 Å². The Balaban J connectivity index is 0.00000387. The number of nitrogens with zero attached hydrogens (tertiary/aromatic N) is 5. The van der Waals surface area contributed by atoms with E-state index in [4.69, 9.17) is 0 Å². The molecule has 1 aromatic heterocycles. The van der Waals surface area contributed by atoms with Crippen LogP contribution in [0.3, 0.4) is 0 Å². The number of rotatable bonds is 3. The van der Waals surface area contributed by atoms with Crippen molar-refractivity contribution in [3.05, 3.63) is 151 Å². The molecule has 1 atom stereocenters. The number of fused-ring (bicyclic) bond motifs is 6. The Hall–Kier alpha value is -4.47. The molecule has 0 radical (unpaired) electrons. The van der Waals surface area contributed by atoms with Crippen molar-refractivity contribution in [2.45, 2.75) is 64.7 Å². The minimum atomic E-state index is -0.571. The van der Waals surface area contributed by atoms with E-state index >= 15 is 0 Å². The van der Waals surface area contributed by atoms with Gasteiger partial charge >= 0.3 is 21.1 Å². The van der Waals surface area contributed by atoms with Gasteiger partial charge in [0.15, 0.2) is 0 Å². The summed E-state index contributed by atoms with van der Waals surface area (Å²) in [4.78, 5) is 8.73. The third kappa shape index (κ3) is 5.06. The van der Waals surface area contributed by atoms with Gasteiger partial charge < -0.3 is 24.2 Å². The van der Waals surface area contributed by atoms with Crippen molar-refractivity contribution in [3.63, 3.8) is 0 Å². The molecule has 0 N–H and O–H groups in total. The van der Waals surface area contributed by atoms with E-state index < -0.39 is 5.41 Å². The Labute approximate surface area is 323 Å². The summed E-state index contributed by atoms with van der Waals surface area (Å²) in [7, 11) is 4.18. The first kappa shape index (κ1) is 34.6. The fourth-order valence-electron chi connectivity index (χ4n) is 8.23. The molecule has 0 spiro atoms. The molecule has 0 saturated carbocycles. The maximum Gasteiger partial charge on any atom is 4.00 e. The fourth-order valence-corrected chi connectivity index (χ4v) is 8.23. The monoisotopic (exact) mass is 862 g/mol. The van der Waals surface area contributed by atoms with Gasteiger partial charge in [0, 0.05) is 38.6 Å². The Morgan fingerprint density at radius 1 is 0.654 bits per heavy atom. The summed E-state index contributed by atoms with van der Waals surface area (Å²) >= 11 is 0. The molecule has 0 amide bonds. The average Bonchev–Trinajstić information content (AvgIpc) is 3.79. The van der Waals surface area contributed by atoms with Crippen LogP contribution in [0.2, 0.25) is 0 Å². The van der Waals surface area contributed by atoms with Crippen LogP contribution < -0.4 is 14.7 Å². The van der Waals surface area contributed by atoms with Crippen molar-refractivity contribution in [2.75, 3.05) is 28.8 Å². The topological polar surface area (TPSA) is 17.9 Å². The second kappa shape index (κ2) is 11.8. The van der Waals surface area contributed by atoms with E-state index in [0.29, 0.717) is 0 Å². The van der Waals surface area contributed by atoms with Gasteiger partial charge in [-0.3, -0.25) is 0 Å². The Kier molecular flexibility index (Phi) is 7.83. The van der Waals surface area contributed by atoms with Crippen molar-refractivity contribution in [1.82, 2.24) is 9.47 Å². The number of anilines is 4. The van der Waals surface area contributed by atoms with Crippen molar-refractivity contribution in [2.24, 2.45) is 0 Å². The normalized spacial score (nSPS) is 18.0. The summed E-state index contributed by atoms with van der Waals surface area (Å²) in [5.74, 6) is 0. The Morgan fingerprint density at radius 3 is 2.12 bits per heavy atom. The van der Waals surface area contributed by atoms with Crippen LogP contribution >= 0.6 is 0 Å². The second-order valence-electron chi connectivity index (χ2n) is 16.7. The first-order chi connectivity index (χ1) is 24.2. The molecule has 3 aliphatic heterocycles. The van der Waals surface area contributed by atoms with E-state index in [1.165, 1.54) is 44.2 Å². The predicted molar refractivity (Wildman–Crippen MR) is 213 cm³/mol. The quantitative estimate of drug-likeness (QED) is 0.165. The molecule has 3 aliphatic rings. The maximum atomic E-state index is 4.04. The van der Waals surface area contributed by atoms with Gasteiger partial charge in [-0.1, -0.05) is 90.6 Å². The molecule has 0 fully saturated rings. The molecule has 52 heavy (non-hydrogen) atoms. The standard InChI is InChI=1S/C46H45N5.Pt/c1-44(2,3)30-17-19-39-36(26-30)35-13-12-14-37-43(35)51(39)40-20-18-33(49-22-21-47(8)28-49)27-38(40)46(37,7)32-23-31(45(4,5)6)24-34(25-32)50-29-48(9)41-15-10-11-16-42(41)50;/h10-24,26,28-29H,1-9H3;/q-4;+4. The van der Waals surface area contributed by atoms with Crippen LogP contribution in [0.5, 0.6) is 0 Å². The molecule has 264 valence electrons. The zero-order chi connectivity index (χ0) is 35.6. The predicted octanol–water partition coefficient (Wildman–Crippen LogP) is 10.7. The van der Waals surface area contributed by atoms with E-state index in [0.717, 1.165) is 33.9 Å². The van der Waals surface area contributed by atoms with Crippen molar-refractivity contribution < 1.29 is 21.1 Å². The van der Waals surface area contributed by atoms with Crippen molar-refractivity contribution in [3.8, 4) is 5.69 Å². The van der Waals surface area contributed by atoms with Gasteiger partial charge in [-0.15, -0.1) is 40.7 Å². The van der Waals surface area contributed by atoms with Gasteiger partial charge in [0.05, 0.1) is 0 Å². The van der Waals surface area contributed by atoms with Gasteiger partial charge in [-0.25, -0.2) is 0 Å². The zero-order valence-electron chi connectivity index (χ0n) is 31.4.